The van der Waals surface area contributed by atoms with Gasteiger partial charge in [0, 0.05) is 44.5 Å². The number of likely N-dealkylation sites (N-methyl/N-ethyl adjacent to an activating group) is 1. The van der Waals surface area contributed by atoms with Crippen LogP contribution in [0.4, 0.5) is 0 Å². The summed E-state index contributed by atoms with van der Waals surface area (Å²) in [5.41, 5.74) is 2.41. The van der Waals surface area contributed by atoms with E-state index >= 15 is 0 Å². The molecule has 3 heterocycles. The minimum atomic E-state index is -0.0293. The molecule has 0 aliphatic carbocycles. The minimum absolute atomic E-state index is 0.0293. The van der Waals surface area contributed by atoms with Gasteiger partial charge in [-0.3, -0.25) is 4.79 Å². The molecule has 29 heavy (non-hydrogen) atoms. The number of amides is 1. The van der Waals surface area contributed by atoms with Crippen molar-refractivity contribution in [1.29, 1.82) is 0 Å². The number of carbonyl (C=O) groups excluding carboxylic acids is 1. The number of hydrogen-bond acceptors (Lipinski definition) is 5. The van der Waals surface area contributed by atoms with Crippen LogP contribution < -0.4 is 5.32 Å². The number of piperazine rings is 1. The Morgan fingerprint density at radius 1 is 1.14 bits per heavy atom. The third-order valence-electron chi connectivity index (χ3n) is 5.76. The molecule has 1 amide bonds. The average molecular weight is 401 g/mol. The molecule has 0 radical (unpaired) electrons. The van der Waals surface area contributed by atoms with Gasteiger partial charge >= 0.3 is 0 Å². The minimum Gasteiger partial charge on any atom is -0.352 e. The van der Waals surface area contributed by atoms with Gasteiger partial charge in [0.15, 0.2) is 5.65 Å². The normalized spacial score (nSPS) is 16.2. The van der Waals surface area contributed by atoms with Crippen LogP contribution in [0.1, 0.15) is 69.1 Å². The SMILES string of the molecule is CCN1CCN(CCCNC(=O)c2cc(C(C)C)nc3c2cnn3C(C)C)CC1. The Bertz CT molecular complexity index is 820. The fraction of sp³-hybridized carbons (Fsp3) is 0.682. The van der Waals surface area contributed by atoms with Crippen LogP contribution in [0.25, 0.3) is 11.0 Å². The maximum absolute atomic E-state index is 12.9. The molecule has 2 aromatic heterocycles. The second kappa shape index (κ2) is 9.67. The third kappa shape index (κ3) is 5.14. The molecule has 7 nitrogen and oxygen atoms in total. The number of pyridine rings is 1. The van der Waals surface area contributed by atoms with Crippen LogP contribution in [0.15, 0.2) is 12.3 Å². The van der Waals surface area contributed by atoms with Crippen LogP contribution in [-0.2, 0) is 0 Å². The van der Waals surface area contributed by atoms with Crippen molar-refractivity contribution in [2.45, 2.75) is 53.0 Å². The van der Waals surface area contributed by atoms with Gasteiger partial charge < -0.3 is 15.1 Å². The van der Waals surface area contributed by atoms with Gasteiger partial charge in [-0.05, 0) is 45.3 Å². The van der Waals surface area contributed by atoms with Gasteiger partial charge in [-0.15, -0.1) is 0 Å². The van der Waals surface area contributed by atoms with Crippen molar-refractivity contribution in [3.63, 3.8) is 0 Å². The summed E-state index contributed by atoms with van der Waals surface area (Å²) in [7, 11) is 0. The molecule has 2 aromatic rings. The topological polar surface area (TPSA) is 66.3 Å². The fourth-order valence-electron chi connectivity index (χ4n) is 3.83. The van der Waals surface area contributed by atoms with Gasteiger partial charge in [0.25, 0.3) is 5.91 Å². The zero-order chi connectivity index (χ0) is 21.0. The van der Waals surface area contributed by atoms with Crippen LogP contribution in [0.3, 0.4) is 0 Å². The van der Waals surface area contributed by atoms with E-state index in [9.17, 15) is 4.79 Å². The van der Waals surface area contributed by atoms with Gasteiger partial charge in [-0.2, -0.15) is 5.10 Å². The van der Waals surface area contributed by atoms with Crippen molar-refractivity contribution in [2.75, 3.05) is 45.8 Å². The Hall–Kier alpha value is -1.99. The number of nitrogens with one attached hydrogen (secondary N) is 1. The molecule has 0 spiro atoms. The van der Waals surface area contributed by atoms with Gasteiger partial charge in [0.2, 0.25) is 0 Å². The number of fused-ring (bicyclic) bond motifs is 1. The van der Waals surface area contributed by atoms with E-state index in [2.05, 4.69) is 54.8 Å². The Balaban J connectivity index is 1.63. The van der Waals surface area contributed by atoms with Crippen LogP contribution in [0.5, 0.6) is 0 Å². The Morgan fingerprint density at radius 2 is 1.83 bits per heavy atom. The van der Waals surface area contributed by atoms with E-state index in [4.69, 9.17) is 4.98 Å². The number of hydrogen-bond donors (Lipinski definition) is 1. The summed E-state index contributed by atoms with van der Waals surface area (Å²) in [6, 6.07) is 2.13. The maximum atomic E-state index is 12.9. The monoisotopic (exact) mass is 400 g/mol. The van der Waals surface area contributed by atoms with Crippen molar-refractivity contribution in [2.24, 2.45) is 0 Å². The number of carbonyl (C=O) groups is 1. The second-order valence-corrected chi connectivity index (χ2v) is 8.55. The van der Waals surface area contributed by atoms with Crippen molar-refractivity contribution in [3.8, 4) is 0 Å². The molecule has 1 fully saturated rings. The first-order chi connectivity index (χ1) is 13.9. The lowest BCUT2D eigenvalue weighted by atomic mass is 10.0. The highest BCUT2D eigenvalue weighted by molar-refractivity contribution is 6.05. The predicted octanol–water partition coefficient (Wildman–Crippen LogP) is 2.89. The first-order valence-electron chi connectivity index (χ1n) is 11.0. The van der Waals surface area contributed by atoms with Crippen LogP contribution in [0.2, 0.25) is 0 Å². The maximum Gasteiger partial charge on any atom is 0.252 e. The summed E-state index contributed by atoms with van der Waals surface area (Å²) >= 11 is 0. The second-order valence-electron chi connectivity index (χ2n) is 8.55. The molecular weight excluding hydrogens is 364 g/mol. The highest BCUT2D eigenvalue weighted by atomic mass is 16.1. The van der Waals surface area contributed by atoms with E-state index in [1.54, 1.807) is 6.20 Å². The molecule has 1 aliphatic rings. The standard InChI is InChI=1S/C22H36N6O/c1-6-26-10-12-27(13-11-26)9-7-8-23-22(29)18-14-20(16(2)3)25-21-19(18)15-24-28(21)17(4)5/h14-17H,6-13H2,1-5H3,(H,23,29). The van der Waals surface area contributed by atoms with Crippen molar-refractivity contribution >= 4 is 16.9 Å². The highest BCUT2D eigenvalue weighted by Crippen LogP contribution is 2.24. The summed E-state index contributed by atoms with van der Waals surface area (Å²) < 4.78 is 1.90. The first kappa shape index (κ1) is 21.7. The first-order valence-corrected chi connectivity index (χ1v) is 11.0. The molecule has 1 N–H and O–H groups in total. The molecule has 7 heteroatoms. The Labute approximate surface area is 174 Å². The number of aromatic nitrogens is 3. The summed E-state index contributed by atoms with van der Waals surface area (Å²) in [6.45, 7) is 18.0. The highest BCUT2D eigenvalue weighted by Gasteiger charge is 2.19. The summed E-state index contributed by atoms with van der Waals surface area (Å²) in [5.74, 6) is 0.224. The quantitative estimate of drug-likeness (QED) is 0.690. The summed E-state index contributed by atoms with van der Waals surface area (Å²) in [5, 5.41) is 8.42. The molecule has 0 unspecified atom stereocenters. The van der Waals surface area contributed by atoms with Gasteiger partial charge in [-0.25, -0.2) is 9.67 Å². The molecule has 1 aliphatic heterocycles. The number of nitrogens with zero attached hydrogens (tertiary/aromatic N) is 5. The van der Waals surface area contributed by atoms with Crippen molar-refractivity contribution in [1.82, 2.24) is 29.9 Å². The summed E-state index contributed by atoms with van der Waals surface area (Å²) in [4.78, 5) is 22.7. The lowest BCUT2D eigenvalue weighted by Crippen LogP contribution is -2.46. The van der Waals surface area contributed by atoms with Gasteiger partial charge in [-0.1, -0.05) is 20.8 Å². The zero-order valence-electron chi connectivity index (χ0n) is 18.6. The molecule has 160 valence electrons. The largest absolute Gasteiger partial charge is 0.352 e. The molecule has 0 atom stereocenters. The molecule has 0 saturated carbocycles. The average Bonchev–Trinajstić information content (AvgIpc) is 3.15. The van der Waals surface area contributed by atoms with E-state index in [0.717, 1.165) is 62.4 Å². The molecule has 1 saturated heterocycles. The molecule has 3 rings (SSSR count). The van der Waals surface area contributed by atoms with Gasteiger partial charge in [0.05, 0.1) is 17.1 Å². The van der Waals surface area contributed by atoms with Crippen molar-refractivity contribution < 1.29 is 4.79 Å². The lowest BCUT2D eigenvalue weighted by molar-refractivity contribution is 0.0949. The van der Waals surface area contributed by atoms with Crippen molar-refractivity contribution in [3.05, 3.63) is 23.5 Å². The van der Waals surface area contributed by atoms with E-state index in [-0.39, 0.29) is 17.9 Å². The predicted molar refractivity (Wildman–Crippen MR) is 118 cm³/mol. The molecule has 0 aromatic carbocycles. The van der Waals surface area contributed by atoms with Crippen LogP contribution >= 0.6 is 0 Å². The third-order valence-corrected chi connectivity index (χ3v) is 5.76. The van der Waals surface area contributed by atoms with Crippen LogP contribution in [-0.4, -0.2) is 76.3 Å². The number of rotatable bonds is 8. The lowest BCUT2D eigenvalue weighted by Gasteiger charge is -2.33. The Kier molecular flexibility index (Phi) is 7.24. The molecule has 0 bridgehead atoms. The van der Waals surface area contributed by atoms with Crippen LogP contribution in [0, 0.1) is 0 Å². The van der Waals surface area contributed by atoms with E-state index < -0.39 is 0 Å². The summed E-state index contributed by atoms with van der Waals surface area (Å²) in [6.07, 6.45) is 2.74. The smallest absolute Gasteiger partial charge is 0.252 e. The van der Waals surface area contributed by atoms with Gasteiger partial charge in [0.1, 0.15) is 0 Å². The van der Waals surface area contributed by atoms with E-state index in [1.807, 2.05) is 10.7 Å². The van der Waals surface area contributed by atoms with E-state index in [1.165, 1.54) is 0 Å². The zero-order valence-corrected chi connectivity index (χ0v) is 18.6. The molecular formula is C22H36N6O. The fourth-order valence-corrected chi connectivity index (χ4v) is 3.83. The van der Waals surface area contributed by atoms with E-state index in [0.29, 0.717) is 12.1 Å². The Morgan fingerprint density at radius 3 is 2.45 bits per heavy atom.